The molecule has 0 saturated carbocycles. The molecule has 1 rings (SSSR count). The molecule has 1 nitrogen and oxygen atoms in total. The van der Waals surface area contributed by atoms with Gasteiger partial charge in [0.1, 0.15) is 0 Å². The Balaban J connectivity index is 2.73. The van der Waals surface area contributed by atoms with E-state index in [0.29, 0.717) is 5.41 Å². The Labute approximate surface area is 62.8 Å². The molecular formula is C9H15N. The van der Waals surface area contributed by atoms with Gasteiger partial charge in [-0.2, -0.15) is 0 Å². The predicted octanol–water partition coefficient (Wildman–Crippen LogP) is 2.08. The normalized spacial score (nSPS) is 18.1. The minimum atomic E-state index is 0.304. The average Bonchev–Trinajstić information content (AvgIpc) is 1.88. The summed E-state index contributed by atoms with van der Waals surface area (Å²) in [5, 5.41) is 3.13. The predicted molar refractivity (Wildman–Crippen MR) is 44.7 cm³/mol. The molecule has 0 aromatic carbocycles. The molecule has 0 radical (unpaired) electrons. The lowest BCUT2D eigenvalue weighted by molar-refractivity contribution is 0.512. The van der Waals surface area contributed by atoms with Gasteiger partial charge in [-0.15, -0.1) is 0 Å². The summed E-state index contributed by atoms with van der Waals surface area (Å²) in [6, 6.07) is 0. The first kappa shape index (κ1) is 7.39. The molecule has 1 aliphatic heterocycles. The van der Waals surface area contributed by atoms with E-state index in [2.05, 4.69) is 38.2 Å². The van der Waals surface area contributed by atoms with Gasteiger partial charge in [-0.3, -0.25) is 0 Å². The van der Waals surface area contributed by atoms with Crippen LogP contribution in [0.3, 0.4) is 0 Å². The molecule has 0 aromatic rings. The van der Waals surface area contributed by atoms with Crippen molar-refractivity contribution in [3.05, 3.63) is 23.9 Å². The summed E-state index contributed by atoms with van der Waals surface area (Å²) in [6.07, 6.45) is 6.39. The SMILES string of the molecule is CC(C)(C)C1=CCNC=C1. The molecule has 0 bridgehead atoms. The van der Waals surface area contributed by atoms with E-state index >= 15 is 0 Å². The van der Waals surface area contributed by atoms with E-state index in [1.165, 1.54) is 5.57 Å². The van der Waals surface area contributed by atoms with Crippen molar-refractivity contribution in [2.45, 2.75) is 20.8 Å². The van der Waals surface area contributed by atoms with Gasteiger partial charge in [0, 0.05) is 6.54 Å². The largest absolute Gasteiger partial charge is 0.387 e. The standard InChI is InChI=1S/C9H15N/c1-9(2,3)8-4-6-10-7-5-8/h4-6,10H,7H2,1-3H3. The van der Waals surface area contributed by atoms with E-state index in [9.17, 15) is 0 Å². The summed E-state index contributed by atoms with van der Waals surface area (Å²) in [5.74, 6) is 0. The molecule has 1 heteroatoms. The van der Waals surface area contributed by atoms with Crippen molar-refractivity contribution in [1.29, 1.82) is 0 Å². The molecule has 1 aliphatic rings. The van der Waals surface area contributed by atoms with Crippen LogP contribution in [0.5, 0.6) is 0 Å². The second-order valence-electron chi connectivity index (χ2n) is 3.65. The Morgan fingerprint density at radius 1 is 1.40 bits per heavy atom. The van der Waals surface area contributed by atoms with Crippen LogP contribution in [-0.2, 0) is 0 Å². The first-order chi connectivity index (χ1) is 4.61. The van der Waals surface area contributed by atoms with E-state index in [-0.39, 0.29) is 0 Å². The third-order valence-electron chi connectivity index (χ3n) is 1.69. The van der Waals surface area contributed by atoms with Gasteiger partial charge < -0.3 is 5.32 Å². The van der Waals surface area contributed by atoms with E-state index < -0.39 is 0 Å². The lowest BCUT2D eigenvalue weighted by atomic mass is 9.85. The van der Waals surface area contributed by atoms with Crippen molar-refractivity contribution in [1.82, 2.24) is 5.32 Å². The van der Waals surface area contributed by atoms with E-state index in [1.807, 2.05) is 6.20 Å². The minimum absolute atomic E-state index is 0.304. The number of rotatable bonds is 0. The summed E-state index contributed by atoms with van der Waals surface area (Å²) < 4.78 is 0. The van der Waals surface area contributed by atoms with Crippen LogP contribution in [0.4, 0.5) is 0 Å². The average molecular weight is 137 g/mol. The molecular weight excluding hydrogens is 122 g/mol. The zero-order valence-corrected chi connectivity index (χ0v) is 6.94. The van der Waals surface area contributed by atoms with Crippen LogP contribution in [0.25, 0.3) is 0 Å². The lowest BCUT2D eigenvalue weighted by Crippen LogP contribution is -2.16. The van der Waals surface area contributed by atoms with E-state index in [1.54, 1.807) is 0 Å². The molecule has 0 unspecified atom stereocenters. The van der Waals surface area contributed by atoms with Crippen molar-refractivity contribution in [3.63, 3.8) is 0 Å². The Kier molecular flexibility index (Phi) is 1.84. The molecule has 0 amide bonds. The quantitative estimate of drug-likeness (QED) is 0.539. The maximum Gasteiger partial charge on any atom is 0.0331 e. The zero-order valence-electron chi connectivity index (χ0n) is 6.94. The first-order valence-corrected chi connectivity index (χ1v) is 3.71. The van der Waals surface area contributed by atoms with E-state index in [4.69, 9.17) is 0 Å². The molecule has 0 spiro atoms. The van der Waals surface area contributed by atoms with Crippen LogP contribution in [0.1, 0.15) is 20.8 Å². The summed E-state index contributed by atoms with van der Waals surface area (Å²) in [5.41, 5.74) is 1.73. The maximum absolute atomic E-state index is 3.13. The molecule has 0 fully saturated rings. The third kappa shape index (κ3) is 1.63. The molecule has 56 valence electrons. The van der Waals surface area contributed by atoms with Gasteiger partial charge in [0.15, 0.2) is 0 Å². The van der Waals surface area contributed by atoms with Gasteiger partial charge in [0.25, 0.3) is 0 Å². The highest BCUT2D eigenvalue weighted by Gasteiger charge is 2.14. The molecule has 1 heterocycles. The van der Waals surface area contributed by atoms with Crippen LogP contribution in [-0.4, -0.2) is 6.54 Å². The Morgan fingerprint density at radius 2 is 2.10 bits per heavy atom. The van der Waals surface area contributed by atoms with E-state index in [0.717, 1.165) is 6.54 Å². The maximum atomic E-state index is 3.13. The first-order valence-electron chi connectivity index (χ1n) is 3.71. The number of hydrogen-bond acceptors (Lipinski definition) is 1. The van der Waals surface area contributed by atoms with Gasteiger partial charge in [-0.1, -0.05) is 26.8 Å². The highest BCUT2D eigenvalue weighted by molar-refractivity contribution is 5.27. The lowest BCUT2D eigenvalue weighted by Gasteiger charge is -2.22. The van der Waals surface area contributed by atoms with Gasteiger partial charge >= 0.3 is 0 Å². The molecule has 0 saturated heterocycles. The fourth-order valence-corrected chi connectivity index (χ4v) is 1.01. The number of dihydropyridines is 1. The topological polar surface area (TPSA) is 12.0 Å². The molecule has 0 aromatic heterocycles. The highest BCUT2D eigenvalue weighted by Crippen LogP contribution is 2.26. The third-order valence-corrected chi connectivity index (χ3v) is 1.69. The molecule has 10 heavy (non-hydrogen) atoms. The van der Waals surface area contributed by atoms with Crippen LogP contribution < -0.4 is 5.32 Å². The number of hydrogen-bond donors (Lipinski definition) is 1. The van der Waals surface area contributed by atoms with Crippen molar-refractivity contribution >= 4 is 0 Å². The number of nitrogens with one attached hydrogen (secondary N) is 1. The highest BCUT2D eigenvalue weighted by atomic mass is 14.8. The van der Waals surface area contributed by atoms with Crippen molar-refractivity contribution < 1.29 is 0 Å². The molecule has 0 atom stereocenters. The molecule has 0 aliphatic carbocycles. The monoisotopic (exact) mass is 137 g/mol. The fraction of sp³-hybridized carbons (Fsp3) is 0.556. The zero-order chi connectivity index (χ0) is 7.61. The van der Waals surface area contributed by atoms with Gasteiger partial charge in [0.05, 0.1) is 0 Å². The summed E-state index contributed by atoms with van der Waals surface area (Å²) in [6.45, 7) is 7.67. The van der Waals surface area contributed by atoms with Crippen molar-refractivity contribution in [2.24, 2.45) is 5.41 Å². The summed E-state index contributed by atoms with van der Waals surface area (Å²) in [7, 11) is 0. The summed E-state index contributed by atoms with van der Waals surface area (Å²) in [4.78, 5) is 0. The van der Waals surface area contributed by atoms with Gasteiger partial charge in [0.2, 0.25) is 0 Å². The Morgan fingerprint density at radius 3 is 2.40 bits per heavy atom. The van der Waals surface area contributed by atoms with Crippen LogP contribution in [0.2, 0.25) is 0 Å². The van der Waals surface area contributed by atoms with Gasteiger partial charge in [-0.25, -0.2) is 0 Å². The summed E-state index contributed by atoms with van der Waals surface area (Å²) >= 11 is 0. The van der Waals surface area contributed by atoms with Crippen molar-refractivity contribution in [2.75, 3.05) is 6.54 Å². The Bertz CT molecular complexity index is 170. The number of allylic oxidation sites excluding steroid dienone is 2. The van der Waals surface area contributed by atoms with Crippen LogP contribution in [0.15, 0.2) is 23.9 Å². The van der Waals surface area contributed by atoms with Crippen LogP contribution in [0, 0.1) is 5.41 Å². The second-order valence-corrected chi connectivity index (χ2v) is 3.65. The van der Waals surface area contributed by atoms with Crippen molar-refractivity contribution in [3.8, 4) is 0 Å². The molecule has 1 N–H and O–H groups in total. The van der Waals surface area contributed by atoms with Gasteiger partial charge in [-0.05, 0) is 23.3 Å². The van der Waals surface area contributed by atoms with Crippen LogP contribution >= 0.6 is 0 Å². The Hall–Kier alpha value is -0.720. The second kappa shape index (κ2) is 2.49. The fourth-order valence-electron chi connectivity index (χ4n) is 1.01. The minimum Gasteiger partial charge on any atom is -0.387 e. The smallest absolute Gasteiger partial charge is 0.0331 e.